The van der Waals surface area contributed by atoms with Crippen molar-refractivity contribution >= 4 is 27.7 Å². The lowest BCUT2D eigenvalue weighted by molar-refractivity contribution is -0.142. The summed E-state index contributed by atoms with van der Waals surface area (Å²) in [5.74, 6) is -1.10. The molecule has 2 aliphatic rings. The third-order valence-electron chi connectivity index (χ3n) is 4.80. The molecule has 1 aromatic carbocycles. The highest BCUT2D eigenvalue weighted by Crippen LogP contribution is 2.27. The van der Waals surface area contributed by atoms with Crippen molar-refractivity contribution in [1.82, 2.24) is 10.2 Å². The molecule has 1 aliphatic heterocycles. The van der Waals surface area contributed by atoms with Gasteiger partial charge in [-0.15, -0.1) is 4.40 Å². The average Bonchev–Trinajstić information content (AvgIpc) is 2.87. The summed E-state index contributed by atoms with van der Waals surface area (Å²) >= 11 is 0. The van der Waals surface area contributed by atoms with E-state index in [2.05, 4.69) is 9.71 Å². The number of hydrogen-bond donors (Lipinski definition) is 2. The molecule has 0 radical (unpaired) electrons. The summed E-state index contributed by atoms with van der Waals surface area (Å²) in [6, 6.07) is 6.47. The zero-order valence-electron chi connectivity index (χ0n) is 14.4. The number of hydrogen-bond acceptors (Lipinski definition) is 5. The van der Waals surface area contributed by atoms with Crippen LogP contribution < -0.4 is 5.32 Å². The number of benzene rings is 1. The molecule has 1 heterocycles. The van der Waals surface area contributed by atoms with Crippen LogP contribution in [-0.4, -0.2) is 55.8 Å². The number of carbonyl (C=O) groups excluding carboxylic acids is 1. The highest BCUT2D eigenvalue weighted by atomic mass is 32.2. The van der Waals surface area contributed by atoms with E-state index < -0.39 is 16.0 Å². The van der Waals surface area contributed by atoms with Crippen molar-refractivity contribution in [2.45, 2.75) is 36.6 Å². The van der Waals surface area contributed by atoms with Crippen LogP contribution in [0.3, 0.4) is 0 Å². The molecule has 0 aromatic heterocycles. The van der Waals surface area contributed by atoms with Gasteiger partial charge in [0.15, 0.2) is 5.84 Å². The van der Waals surface area contributed by atoms with Gasteiger partial charge in [0.1, 0.15) is 4.90 Å². The van der Waals surface area contributed by atoms with E-state index in [4.69, 9.17) is 5.11 Å². The Bertz CT molecular complexity index is 857. The van der Waals surface area contributed by atoms with Crippen LogP contribution in [0.4, 0.5) is 0 Å². The topological polar surface area (TPSA) is 116 Å². The Hall–Kier alpha value is -2.42. The Labute approximate surface area is 152 Å². The van der Waals surface area contributed by atoms with E-state index in [0.29, 0.717) is 31.2 Å². The zero-order chi connectivity index (χ0) is 18.9. The molecule has 26 heavy (non-hydrogen) atoms. The molecule has 8 nitrogen and oxygen atoms in total. The predicted molar refractivity (Wildman–Crippen MR) is 94.3 cm³/mol. The summed E-state index contributed by atoms with van der Waals surface area (Å²) in [7, 11) is -2.10. The van der Waals surface area contributed by atoms with Gasteiger partial charge in [-0.1, -0.05) is 12.1 Å². The quantitative estimate of drug-likeness (QED) is 0.800. The number of nitrogens with zero attached hydrogens (tertiary/aromatic N) is 2. The summed E-state index contributed by atoms with van der Waals surface area (Å²) in [6.07, 6.45) is 2.36. The minimum atomic E-state index is -3.72. The predicted octanol–water partition coefficient (Wildman–Crippen LogP) is 0.827. The number of rotatable bonds is 4. The molecule has 2 N–H and O–H groups in total. The number of likely N-dealkylation sites (N-methyl/N-ethyl adjacent to an activating group) is 1. The van der Waals surface area contributed by atoms with Crippen molar-refractivity contribution in [1.29, 1.82) is 0 Å². The molecule has 1 saturated carbocycles. The number of carboxylic acid groups (broad SMARTS) is 1. The number of sulfonamides is 1. The van der Waals surface area contributed by atoms with Crippen molar-refractivity contribution in [3.63, 3.8) is 0 Å². The minimum Gasteiger partial charge on any atom is -0.481 e. The summed E-state index contributed by atoms with van der Waals surface area (Å²) in [6.45, 7) is -0.0262. The Balaban J connectivity index is 1.60. The molecule has 1 aliphatic carbocycles. The van der Waals surface area contributed by atoms with E-state index in [1.54, 1.807) is 25.2 Å². The monoisotopic (exact) mass is 379 g/mol. The first-order chi connectivity index (χ1) is 12.3. The van der Waals surface area contributed by atoms with Crippen molar-refractivity contribution in [3.8, 4) is 0 Å². The molecule has 1 amide bonds. The fraction of sp³-hybridized carbons (Fsp3) is 0.471. The number of nitrogens with one attached hydrogen (secondary N) is 1. The van der Waals surface area contributed by atoms with E-state index in [0.717, 1.165) is 0 Å². The third-order valence-corrected chi connectivity index (χ3v) is 6.12. The number of fused-ring (bicyclic) bond motifs is 1. The van der Waals surface area contributed by atoms with Gasteiger partial charge in [0, 0.05) is 18.7 Å². The zero-order valence-corrected chi connectivity index (χ0v) is 15.2. The molecule has 9 heteroatoms. The molecule has 1 fully saturated rings. The summed E-state index contributed by atoms with van der Waals surface area (Å²) in [5, 5.41) is 11.9. The van der Waals surface area contributed by atoms with Gasteiger partial charge >= 0.3 is 5.97 Å². The van der Waals surface area contributed by atoms with Gasteiger partial charge in [0.25, 0.3) is 10.0 Å². The largest absolute Gasteiger partial charge is 0.481 e. The molecule has 0 saturated heterocycles. The standard InChI is InChI=1S/C17H21N3O5S/c1-20(16-13-4-2-3-5-14(13)26(24,25)19-16)10-15(21)18-12-8-6-11(7-9-12)17(22)23/h2-5,11-12H,6-10H2,1H3,(H,18,21)(H,22,23). The van der Waals surface area contributed by atoms with E-state index >= 15 is 0 Å². The van der Waals surface area contributed by atoms with Crippen molar-refractivity contribution < 1.29 is 23.1 Å². The first kappa shape index (κ1) is 18.4. The average molecular weight is 379 g/mol. The number of carboxylic acids is 1. The first-order valence-corrected chi connectivity index (χ1v) is 9.89. The van der Waals surface area contributed by atoms with Crippen LogP contribution in [0.1, 0.15) is 31.2 Å². The molecule has 3 rings (SSSR count). The number of aliphatic carboxylic acids is 1. The van der Waals surface area contributed by atoms with Crippen LogP contribution in [0, 0.1) is 5.92 Å². The second-order valence-electron chi connectivity index (χ2n) is 6.70. The minimum absolute atomic E-state index is 0.0262. The van der Waals surface area contributed by atoms with Crippen molar-refractivity contribution in [3.05, 3.63) is 29.8 Å². The second kappa shape index (κ2) is 7.06. The van der Waals surface area contributed by atoms with Crippen LogP contribution in [-0.2, 0) is 19.6 Å². The van der Waals surface area contributed by atoms with Crippen LogP contribution in [0.2, 0.25) is 0 Å². The highest BCUT2D eigenvalue weighted by Gasteiger charge is 2.31. The van der Waals surface area contributed by atoms with Gasteiger partial charge in [0.2, 0.25) is 5.91 Å². The molecule has 0 unspecified atom stereocenters. The van der Waals surface area contributed by atoms with E-state index in [1.807, 2.05) is 0 Å². The number of carbonyl (C=O) groups is 2. The first-order valence-electron chi connectivity index (χ1n) is 8.45. The normalized spacial score (nSPS) is 23.7. The Morgan fingerprint density at radius 2 is 1.88 bits per heavy atom. The van der Waals surface area contributed by atoms with Crippen LogP contribution in [0.5, 0.6) is 0 Å². The lowest BCUT2D eigenvalue weighted by Crippen LogP contribution is -2.44. The summed E-state index contributed by atoms with van der Waals surface area (Å²) in [5.41, 5.74) is 0.491. The maximum absolute atomic E-state index is 12.3. The SMILES string of the molecule is CN(CC(=O)NC1CCC(C(=O)O)CC1)C1=NS(=O)(=O)c2ccccc21. The Morgan fingerprint density at radius 1 is 1.23 bits per heavy atom. The number of amidine groups is 1. The van der Waals surface area contributed by atoms with Crippen molar-refractivity contribution in [2.75, 3.05) is 13.6 Å². The van der Waals surface area contributed by atoms with E-state index in [1.165, 1.54) is 11.0 Å². The number of amides is 1. The summed E-state index contributed by atoms with van der Waals surface area (Å²) < 4.78 is 28.0. The van der Waals surface area contributed by atoms with Gasteiger partial charge in [-0.05, 0) is 37.8 Å². The Kier molecular flexibility index (Phi) is 4.99. The Morgan fingerprint density at radius 3 is 2.54 bits per heavy atom. The maximum Gasteiger partial charge on any atom is 0.306 e. The highest BCUT2D eigenvalue weighted by molar-refractivity contribution is 7.90. The van der Waals surface area contributed by atoms with Crippen LogP contribution >= 0.6 is 0 Å². The molecule has 140 valence electrons. The molecule has 0 atom stereocenters. The third kappa shape index (κ3) is 3.72. The smallest absolute Gasteiger partial charge is 0.306 e. The van der Waals surface area contributed by atoms with Crippen molar-refractivity contribution in [2.24, 2.45) is 10.3 Å². The second-order valence-corrected chi connectivity index (χ2v) is 8.27. The molecule has 0 bridgehead atoms. The van der Waals surface area contributed by atoms with Gasteiger partial charge in [-0.2, -0.15) is 8.42 Å². The van der Waals surface area contributed by atoms with Gasteiger partial charge in [0.05, 0.1) is 12.5 Å². The van der Waals surface area contributed by atoms with E-state index in [9.17, 15) is 18.0 Å². The van der Waals surface area contributed by atoms with E-state index in [-0.39, 0.29) is 35.1 Å². The molecule has 1 aromatic rings. The van der Waals surface area contributed by atoms with Crippen LogP contribution in [0.25, 0.3) is 0 Å². The van der Waals surface area contributed by atoms with Gasteiger partial charge in [-0.25, -0.2) is 0 Å². The van der Waals surface area contributed by atoms with Gasteiger partial charge < -0.3 is 15.3 Å². The fourth-order valence-electron chi connectivity index (χ4n) is 3.41. The lowest BCUT2D eigenvalue weighted by atomic mass is 9.86. The molecular weight excluding hydrogens is 358 g/mol. The van der Waals surface area contributed by atoms with Crippen LogP contribution in [0.15, 0.2) is 33.6 Å². The lowest BCUT2D eigenvalue weighted by Gasteiger charge is -2.27. The molecular formula is C17H21N3O5S. The summed E-state index contributed by atoms with van der Waals surface area (Å²) in [4.78, 5) is 24.9. The molecule has 0 spiro atoms. The maximum atomic E-state index is 12.3. The fourth-order valence-corrected chi connectivity index (χ4v) is 4.66. The van der Waals surface area contributed by atoms with Gasteiger partial charge in [-0.3, -0.25) is 9.59 Å².